The van der Waals surface area contributed by atoms with Gasteiger partial charge in [-0.2, -0.15) is 15.0 Å². The number of nitrogens with zero attached hydrogens (tertiary/aromatic N) is 4. The Hall–Kier alpha value is -1.71. The molecule has 0 spiro atoms. The number of nitrogens with one attached hydrogen (secondary N) is 2. The molecule has 0 saturated carbocycles. The zero-order valence-electron chi connectivity index (χ0n) is 6.63. The summed E-state index contributed by atoms with van der Waals surface area (Å²) in [6.07, 6.45) is 0. The molecule has 72 valence electrons. The van der Waals surface area contributed by atoms with E-state index in [-0.39, 0.29) is 17.8 Å². The third-order valence-electron chi connectivity index (χ3n) is 1.11. The molecule has 9 heteroatoms. The Morgan fingerprint density at radius 1 is 1.08 bits per heavy atom. The molecule has 0 bridgehead atoms. The molecule has 1 rings (SSSR count). The molecule has 0 saturated heterocycles. The normalized spacial score (nSPS) is 9.54. The molecular weight excluding hydrogens is 180 g/mol. The fourth-order valence-electron chi connectivity index (χ4n) is 0.609. The quantitative estimate of drug-likeness (QED) is 0.391. The molecule has 0 unspecified atom stereocenters. The number of hydrogen-bond donors (Lipinski definition) is 5. The SMILES string of the molecule is CN(O)c1nc(NO)nc(NO)n1. The molecule has 0 aromatic carbocycles. The first kappa shape index (κ1) is 9.38. The highest BCUT2D eigenvalue weighted by molar-refractivity contribution is 5.39. The summed E-state index contributed by atoms with van der Waals surface area (Å²) < 4.78 is 0. The summed E-state index contributed by atoms with van der Waals surface area (Å²) in [6.45, 7) is 0. The second-order valence-electron chi connectivity index (χ2n) is 2.03. The monoisotopic (exact) mass is 188 g/mol. The van der Waals surface area contributed by atoms with E-state index in [1.54, 1.807) is 11.0 Å². The van der Waals surface area contributed by atoms with Crippen molar-refractivity contribution < 1.29 is 15.6 Å². The van der Waals surface area contributed by atoms with E-state index in [9.17, 15) is 0 Å². The molecule has 0 amide bonds. The van der Waals surface area contributed by atoms with E-state index in [0.29, 0.717) is 5.06 Å². The summed E-state index contributed by atoms with van der Waals surface area (Å²) in [5.74, 6) is -0.548. The Morgan fingerprint density at radius 3 is 1.85 bits per heavy atom. The van der Waals surface area contributed by atoms with Gasteiger partial charge in [0.25, 0.3) is 17.8 Å². The van der Waals surface area contributed by atoms with Crippen molar-refractivity contribution in [3.05, 3.63) is 0 Å². The minimum atomic E-state index is -0.206. The van der Waals surface area contributed by atoms with Crippen LogP contribution >= 0.6 is 0 Å². The first-order valence-electron chi connectivity index (χ1n) is 3.16. The molecule has 5 N–H and O–H groups in total. The van der Waals surface area contributed by atoms with Crippen molar-refractivity contribution in [3.8, 4) is 0 Å². The largest absolute Gasteiger partial charge is 0.288 e. The number of anilines is 3. The van der Waals surface area contributed by atoms with Crippen LogP contribution in [0.15, 0.2) is 0 Å². The highest BCUT2D eigenvalue weighted by Gasteiger charge is 2.07. The number of hydrogen-bond acceptors (Lipinski definition) is 9. The molecule has 1 aromatic heterocycles. The van der Waals surface area contributed by atoms with E-state index >= 15 is 0 Å². The minimum Gasteiger partial charge on any atom is -0.288 e. The van der Waals surface area contributed by atoms with Gasteiger partial charge in [-0.1, -0.05) is 0 Å². The maximum absolute atomic E-state index is 8.93. The van der Waals surface area contributed by atoms with Gasteiger partial charge in [-0.25, -0.2) is 16.0 Å². The van der Waals surface area contributed by atoms with Gasteiger partial charge >= 0.3 is 0 Å². The zero-order valence-corrected chi connectivity index (χ0v) is 6.63. The van der Waals surface area contributed by atoms with Gasteiger partial charge in [-0.15, -0.1) is 0 Å². The van der Waals surface area contributed by atoms with E-state index in [1.807, 2.05) is 0 Å². The van der Waals surface area contributed by atoms with Gasteiger partial charge in [0.2, 0.25) is 0 Å². The molecule has 1 heterocycles. The van der Waals surface area contributed by atoms with E-state index in [4.69, 9.17) is 15.6 Å². The smallest absolute Gasteiger partial charge is 0.256 e. The Kier molecular flexibility index (Phi) is 2.74. The van der Waals surface area contributed by atoms with E-state index in [1.165, 1.54) is 7.05 Å². The number of hydroxylamine groups is 1. The molecule has 0 aliphatic rings. The lowest BCUT2D eigenvalue weighted by molar-refractivity contribution is 0.271. The van der Waals surface area contributed by atoms with Crippen LogP contribution in [0.1, 0.15) is 0 Å². The van der Waals surface area contributed by atoms with Gasteiger partial charge in [0.15, 0.2) is 0 Å². The lowest BCUT2D eigenvalue weighted by Gasteiger charge is -2.09. The van der Waals surface area contributed by atoms with Crippen LogP contribution in [-0.4, -0.2) is 37.6 Å². The van der Waals surface area contributed by atoms with Gasteiger partial charge < -0.3 is 0 Å². The van der Waals surface area contributed by atoms with Crippen LogP contribution in [0.2, 0.25) is 0 Å². The Bertz CT molecular complexity index is 269. The van der Waals surface area contributed by atoms with Gasteiger partial charge in [0, 0.05) is 7.05 Å². The van der Waals surface area contributed by atoms with Crippen molar-refractivity contribution >= 4 is 17.8 Å². The van der Waals surface area contributed by atoms with Crippen LogP contribution in [0.3, 0.4) is 0 Å². The van der Waals surface area contributed by atoms with Crippen molar-refractivity contribution in [2.45, 2.75) is 0 Å². The molecule has 0 radical (unpaired) electrons. The van der Waals surface area contributed by atoms with Crippen molar-refractivity contribution in [1.29, 1.82) is 0 Å². The second kappa shape index (κ2) is 3.80. The zero-order chi connectivity index (χ0) is 9.84. The number of aromatic nitrogens is 3. The average molecular weight is 188 g/mol. The van der Waals surface area contributed by atoms with E-state index < -0.39 is 0 Å². The van der Waals surface area contributed by atoms with Crippen molar-refractivity contribution in [2.75, 3.05) is 23.1 Å². The summed E-state index contributed by atoms with van der Waals surface area (Å²) in [5, 5.41) is 26.4. The van der Waals surface area contributed by atoms with Crippen LogP contribution in [0.4, 0.5) is 17.8 Å². The minimum absolute atomic E-state index is 0.136. The molecule has 13 heavy (non-hydrogen) atoms. The van der Waals surface area contributed by atoms with Gasteiger partial charge in [-0.3, -0.25) is 15.6 Å². The Balaban J connectivity index is 3.07. The van der Waals surface area contributed by atoms with Crippen LogP contribution < -0.4 is 16.0 Å². The van der Waals surface area contributed by atoms with Crippen molar-refractivity contribution in [1.82, 2.24) is 15.0 Å². The molecule has 0 aliphatic carbocycles. The van der Waals surface area contributed by atoms with Crippen LogP contribution in [0, 0.1) is 0 Å². The summed E-state index contributed by atoms with van der Waals surface area (Å²) in [6, 6.07) is 0. The van der Waals surface area contributed by atoms with Crippen LogP contribution in [0.25, 0.3) is 0 Å². The standard InChI is InChI=1S/C4H8N6O3/c1-10(13)4-6-2(8-11)5-3(7-4)9-12/h11-13H,1H3,(H2,5,6,7,8,9). The van der Waals surface area contributed by atoms with Crippen LogP contribution in [0.5, 0.6) is 0 Å². The second-order valence-corrected chi connectivity index (χ2v) is 2.03. The summed E-state index contributed by atoms with van der Waals surface area (Å²) in [7, 11) is 1.28. The highest BCUT2D eigenvalue weighted by Crippen LogP contribution is 2.09. The first-order chi connectivity index (χ1) is 6.17. The predicted octanol–water partition coefficient (Wildman–Crippen LogP) is -0.701. The fourth-order valence-corrected chi connectivity index (χ4v) is 0.609. The molecule has 9 nitrogen and oxygen atoms in total. The van der Waals surface area contributed by atoms with Gasteiger partial charge in [-0.05, 0) is 0 Å². The highest BCUT2D eigenvalue weighted by atomic mass is 16.5. The van der Waals surface area contributed by atoms with Gasteiger partial charge in [0.1, 0.15) is 0 Å². The molecule has 0 atom stereocenters. The van der Waals surface area contributed by atoms with E-state index in [0.717, 1.165) is 0 Å². The maximum atomic E-state index is 8.93. The topological polar surface area (TPSA) is 127 Å². The first-order valence-corrected chi connectivity index (χ1v) is 3.16. The summed E-state index contributed by atoms with van der Waals surface area (Å²) in [5.41, 5.74) is 3.29. The predicted molar refractivity (Wildman–Crippen MR) is 40.8 cm³/mol. The maximum Gasteiger partial charge on any atom is 0.256 e. The van der Waals surface area contributed by atoms with Crippen molar-refractivity contribution in [2.24, 2.45) is 0 Å². The average Bonchev–Trinajstić information content (AvgIpc) is 2.16. The molecule has 0 fully saturated rings. The van der Waals surface area contributed by atoms with E-state index in [2.05, 4.69) is 15.0 Å². The van der Waals surface area contributed by atoms with Crippen molar-refractivity contribution in [3.63, 3.8) is 0 Å². The lowest BCUT2D eigenvalue weighted by Crippen LogP contribution is -2.16. The van der Waals surface area contributed by atoms with Crippen LogP contribution in [-0.2, 0) is 0 Å². The third kappa shape index (κ3) is 2.11. The third-order valence-corrected chi connectivity index (χ3v) is 1.11. The van der Waals surface area contributed by atoms with Gasteiger partial charge in [0.05, 0.1) is 0 Å². The molecule has 0 aliphatic heterocycles. The lowest BCUT2D eigenvalue weighted by atomic mass is 10.8. The Morgan fingerprint density at radius 2 is 1.54 bits per heavy atom. The molecule has 1 aromatic rings. The molecular formula is C4H8N6O3. The summed E-state index contributed by atoms with van der Waals surface area (Å²) in [4.78, 5) is 10.6. The number of rotatable bonds is 3. The fraction of sp³-hybridized carbons (Fsp3) is 0.250. The Labute approximate surface area is 72.6 Å². The summed E-state index contributed by atoms with van der Waals surface area (Å²) >= 11 is 0.